The Balaban J connectivity index is 4.97. The lowest BCUT2D eigenvalue weighted by Gasteiger charge is -2.27. The minimum atomic E-state index is -4.45. The number of phosphoric ester groups is 1. The van der Waals surface area contributed by atoms with Gasteiger partial charge >= 0.3 is 13.8 Å². The number of hydrogen-bond donors (Lipinski definition) is 2. The maximum atomic E-state index is 13.6. The third-order valence-electron chi connectivity index (χ3n) is 16.6. The van der Waals surface area contributed by atoms with Gasteiger partial charge in [-0.05, 0) is 83.1 Å². The van der Waals surface area contributed by atoms with E-state index in [0.717, 1.165) is 57.8 Å². The van der Waals surface area contributed by atoms with Crippen molar-refractivity contribution in [3.63, 3.8) is 0 Å². The van der Waals surface area contributed by atoms with Gasteiger partial charge in [0.1, 0.15) is 19.3 Å². The molecule has 0 heterocycles. The van der Waals surface area contributed by atoms with Crippen molar-refractivity contribution >= 4 is 19.7 Å². The van der Waals surface area contributed by atoms with Gasteiger partial charge in [0.25, 0.3) is 0 Å². The number of rotatable bonds is 67. The van der Waals surface area contributed by atoms with Crippen molar-refractivity contribution in [3.8, 4) is 0 Å². The molecule has 0 aliphatic heterocycles. The quantitative estimate of drug-likeness (QED) is 0.0205. The topological polar surface area (TPSA) is 111 Å². The van der Waals surface area contributed by atoms with E-state index in [9.17, 15) is 19.0 Å². The highest BCUT2D eigenvalue weighted by molar-refractivity contribution is 7.47. The second kappa shape index (κ2) is 63.3. The van der Waals surface area contributed by atoms with Crippen LogP contribution in [0.25, 0.3) is 0 Å². The summed E-state index contributed by atoms with van der Waals surface area (Å²) < 4.78 is 30.8. The number of hydrogen-bond acceptors (Lipinski definition) is 6. The highest BCUT2D eigenvalue weighted by atomic mass is 31.2. The first-order valence-corrected chi connectivity index (χ1v) is 37.8. The average molecular weight is 1190 g/mol. The van der Waals surface area contributed by atoms with E-state index < -0.39 is 20.0 Å². The fourth-order valence-electron chi connectivity index (χ4n) is 10.9. The van der Waals surface area contributed by atoms with Gasteiger partial charge in [-0.25, -0.2) is 4.57 Å². The van der Waals surface area contributed by atoms with Crippen molar-refractivity contribution in [2.24, 2.45) is 0 Å². The van der Waals surface area contributed by atoms with E-state index in [1.807, 2.05) is 33.3 Å². The summed E-state index contributed by atoms with van der Waals surface area (Å²) in [5, 5.41) is 3.07. The average Bonchev–Trinajstić information content (AvgIpc) is 3.51. The molecule has 0 saturated carbocycles. The molecule has 1 amide bonds. The Morgan fingerprint density at radius 2 is 0.699 bits per heavy atom. The van der Waals surface area contributed by atoms with E-state index in [-0.39, 0.29) is 25.1 Å². The van der Waals surface area contributed by atoms with E-state index in [2.05, 4.69) is 50.4 Å². The van der Waals surface area contributed by atoms with Crippen LogP contribution in [0.1, 0.15) is 367 Å². The highest BCUT2D eigenvalue weighted by Crippen LogP contribution is 2.43. The lowest BCUT2D eigenvalue weighted by molar-refractivity contribution is -0.870. The van der Waals surface area contributed by atoms with Gasteiger partial charge in [-0.2, -0.15) is 0 Å². The standard InChI is InChI=1S/C73H141N2O7P/c1-7-10-13-16-19-22-25-27-29-31-33-35-36-37-38-40-42-44-46-48-51-54-57-60-63-66-73(77)82-71(64-61-58-55-52-49-24-21-18-15-12-9-3)70(69-81-83(78,79)80-68-67-75(4,5)6)74-72(76)65-62-59-56-53-50-47-45-43-41-39-34-32-30-28-26-23-20-17-14-11-8-2/h27-30,61,64,70-71H,7-26,31-60,62-63,65-69H2,1-6H3,(H-,74,76,78,79)/p+1/b29-27+,30-28+,64-61+. The van der Waals surface area contributed by atoms with Crippen molar-refractivity contribution in [2.45, 2.75) is 380 Å². The summed E-state index contributed by atoms with van der Waals surface area (Å²) >= 11 is 0. The highest BCUT2D eigenvalue weighted by Gasteiger charge is 2.30. The van der Waals surface area contributed by atoms with Crippen LogP contribution in [0.4, 0.5) is 0 Å². The van der Waals surface area contributed by atoms with Crippen molar-refractivity contribution in [1.29, 1.82) is 0 Å². The predicted molar refractivity (Wildman–Crippen MR) is 360 cm³/mol. The molecule has 3 unspecified atom stereocenters. The van der Waals surface area contributed by atoms with E-state index in [4.69, 9.17) is 13.8 Å². The molecule has 0 rings (SSSR count). The first-order valence-electron chi connectivity index (χ1n) is 36.3. The zero-order valence-electron chi connectivity index (χ0n) is 56.2. The van der Waals surface area contributed by atoms with Gasteiger partial charge in [0, 0.05) is 12.8 Å². The smallest absolute Gasteiger partial charge is 0.456 e. The number of carbonyl (C=O) groups is 2. The van der Waals surface area contributed by atoms with Crippen LogP contribution in [-0.2, 0) is 27.9 Å². The van der Waals surface area contributed by atoms with E-state index >= 15 is 0 Å². The summed E-state index contributed by atoms with van der Waals surface area (Å²) in [5.41, 5.74) is 0. The molecule has 10 heteroatoms. The molecule has 0 fully saturated rings. The molecule has 0 spiro atoms. The molecule has 0 aromatic carbocycles. The van der Waals surface area contributed by atoms with Crippen molar-refractivity contribution in [1.82, 2.24) is 5.32 Å². The van der Waals surface area contributed by atoms with Gasteiger partial charge < -0.3 is 19.4 Å². The van der Waals surface area contributed by atoms with Gasteiger partial charge in [-0.3, -0.25) is 18.6 Å². The SMILES string of the molecule is CCCCCCCC/C=C/CCCCCCCCCCCCCCCCCC(=O)OC(/C=C/CCCCCCCCCCC)C(COP(=O)(O)OCC[N+](C)(C)C)NC(=O)CCCCCCCCCCCCC/C=C/CCCCCCCC. The number of esters is 1. The Morgan fingerprint density at radius 3 is 1.02 bits per heavy atom. The molecule has 0 aromatic rings. The largest absolute Gasteiger partial charge is 0.472 e. The third kappa shape index (κ3) is 64.5. The van der Waals surface area contributed by atoms with Gasteiger partial charge in [-0.15, -0.1) is 0 Å². The van der Waals surface area contributed by atoms with Crippen molar-refractivity contribution in [3.05, 3.63) is 36.5 Å². The molecular formula is C73H142N2O7P+. The lowest BCUT2D eigenvalue weighted by Crippen LogP contribution is -2.47. The molecule has 0 aliphatic rings. The number of allylic oxidation sites excluding steroid dienone is 5. The summed E-state index contributed by atoms with van der Waals surface area (Å²) in [6.07, 6.45) is 78.8. The molecule has 3 atom stereocenters. The summed E-state index contributed by atoms with van der Waals surface area (Å²) in [6, 6.07) is -0.846. The Bertz CT molecular complexity index is 1510. The number of nitrogens with one attached hydrogen (secondary N) is 1. The normalized spacial score (nSPS) is 13.7. The van der Waals surface area contributed by atoms with Crippen LogP contribution in [0, 0.1) is 0 Å². The van der Waals surface area contributed by atoms with Gasteiger partial charge in [0.05, 0.1) is 33.8 Å². The molecular weight excluding hydrogens is 1050 g/mol. The second-order valence-electron chi connectivity index (χ2n) is 26.1. The maximum absolute atomic E-state index is 13.6. The Labute approximate surface area is 516 Å². The number of quaternary nitrogens is 1. The number of ether oxygens (including phenoxy) is 1. The monoisotopic (exact) mass is 1190 g/mol. The molecule has 490 valence electrons. The van der Waals surface area contributed by atoms with Crippen molar-refractivity contribution in [2.75, 3.05) is 40.9 Å². The van der Waals surface area contributed by atoms with E-state index in [1.54, 1.807) is 0 Å². The summed E-state index contributed by atoms with van der Waals surface area (Å²) in [4.78, 5) is 37.9. The van der Waals surface area contributed by atoms with E-state index in [0.29, 0.717) is 23.9 Å². The van der Waals surface area contributed by atoms with Crippen LogP contribution in [0.3, 0.4) is 0 Å². The number of nitrogens with zero attached hydrogens (tertiary/aromatic N) is 1. The summed E-state index contributed by atoms with van der Waals surface area (Å²) in [5.74, 6) is -0.487. The Morgan fingerprint density at radius 1 is 0.410 bits per heavy atom. The maximum Gasteiger partial charge on any atom is 0.472 e. The first-order chi connectivity index (χ1) is 40.4. The zero-order chi connectivity index (χ0) is 60.7. The summed E-state index contributed by atoms with van der Waals surface area (Å²) in [7, 11) is 1.51. The van der Waals surface area contributed by atoms with Gasteiger partial charge in [-0.1, -0.05) is 308 Å². The molecule has 83 heavy (non-hydrogen) atoms. The number of phosphoric acid groups is 1. The second-order valence-corrected chi connectivity index (χ2v) is 27.6. The molecule has 9 nitrogen and oxygen atoms in total. The zero-order valence-corrected chi connectivity index (χ0v) is 57.1. The number of amides is 1. The lowest BCUT2D eigenvalue weighted by atomic mass is 10.0. The van der Waals surface area contributed by atoms with E-state index in [1.165, 1.54) is 276 Å². The van der Waals surface area contributed by atoms with Crippen LogP contribution in [0.2, 0.25) is 0 Å². The Hall–Kier alpha value is -1.77. The fraction of sp³-hybridized carbons (Fsp3) is 0.890. The van der Waals surface area contributed by atoms with Gasteiger partial charge in [0.2, 0.25) is 5.91 Å². The number of likely N-dealkylation sites (N-methyl/N-ethyl adjacent to an activating group) is 1. The molecule has 2 N–H and O–H groups in total. The minimum Gasteiger partial charge on any atom is -0.456 e. The fourth-order valence-corrected chi connectivity index (χ4v) is 11.7. The van der Waals surface area contributed by atoms with Crippen LogP contribution in [0.15, 0.2) is 36.5 Å². The summed E-state index contributed by atoms with van der Waals surface area (Å²) in [6.45, 7) is 7.06. The third-order valence-corrected chi connectivity index (χ3v) is 17.5. The van der Waals surface area contributed by atoms with Crippen LogP contribution < -0.4 is 5.32 Å². The molecule has 0 radical (unpaired) electrons. The number of unbranched alkanes of at least 4 members (excludes halogenated alkanes) is 47. The molecule has 0 bridgehead atoms. The van der Waals surface area contributed by atoms with Crippen LogP contribution in [-0.4, -0.2) is 74.3 Å². The van der Waals surface area contributed by atoms with Crippen LogP contribution >= 0.6 is 7.82 Å². The van der Waals surface area contributed by atoms with Crippen molar-refractivity contribution < 1.29 is 37.3 Å². The Kier molecular flexibility index (Phi) is 61.9. The molecule has 0 aromatic heterocycles. The first kappa shape index (κ1) is 81.2. The molecule has 0 aliphatic carbocycles. The molecule has 0 saturated heterocycles. The number of carbonyl (C=O) groups excluding carboxylic acids is 2. The van der Waals surface area contributed by atoms with Gasteiger partial charge in [0.15, 0.2) is 0 Å². The van der Waals surface area contributed by atoms with Crippen LogP contribution in [0.5, 0.6) is 0 Å². The minimum absolute atomic E-state index is 0.0428. The predicted octanol–water partition coefficient (Wildman–Crippen LogP) is 23.0.